The number of carbonyl (C=O) groups excluding carboxylic acids is 1. The molecule has 0 aromatic carbocycles. The Morgan fingerprint density at radius 1 is 1.50 bits per heavy atom. The monoisotopic (exact) mass is 269 g/mol. The Kier molecular flexibility index (Phi) is 5.34. The van der Waals surface area contributed by atoms with Crippen LogP contribution in [0, 0.1) is 12.8 Å². The molecule has 1 aromatic rings. The number of hydrogen-bond donors (Lipinski definition) is 2. The normalized spacial score (nSPS) is 12.2. The van der Waals surface area contributed by atoms with Gasteiger partial charge in [-0.25, -0.2) is 0 Å². The van der Waals surface area contributed by atoms with Crippen LogP contribution in [0.4, 0.5) is 0 Å². The molecule has 0 aliphatic rings. The Morgan fingerprint density at radius 3 is 2.67 bits per heavy atom. The van der Waals surface area contributed by atoms with Crippen LogP contribution in [0.2, 0.25) is 0 Å². The Hall–Kier alpha value is -1.36. The standard InChI is InChI=1S/C13H19NO3S/c1-4-10-9(3)7-11(18-10)12(15)14-6-5-8(2)13(16)17/h7-8H,4-6H2,1-3H3,(H,14,15)(H,16,17). The van der Waals surface area contributed by atoms with Gasteiger partial charge in [-0.2, -0.15) is 0 Å². The molecule has 0 spiro atoms. The lowest BCUT2D eigenvalue weighted by Gasteiger charge is -2.06. The first-order valence-corrected chi connectivity index (χ1v) is 6.87. The molecule has 0 fully saturated rings. The van der Waals surface area contributed by atoms with Gasteiger partial charge in [0.2, 0.25) is 0 Å². The summed E-state index contributed by atoms with van der Waals surface area (Å²) >= 11 is 1.50. The second kappa shape index (κ2) is 6.54. The van der Waals surface area contributed by atoms with Crippen molar-refractivity contribution in [1.82, 2.24) is 5.32 Å². The number of rotatable bonds is 6. The molecule has 2 N–H and O–H groups in total. The van der Waals surface area contributed by atoms with Crippen LogP contribution in [-0.4, -0.2) is 23.5 Å². The van der Waals surface area contributed by atoms with Gasteiger partial charge in [-0.3, -0.25) is 9.59 Å². The van der Waals surface area contributed by atoms with E-state index >= 15 is 0 Å². The molecule has 0 radical (unpaired) electrons. The number of carbonyl (C=O) groups is 2. The first kappa shape index (κ1) is 14.7. The quantitative estimate of drug-likeness (QED) is 0.833. The van der Waals surface area contributed by atoms with Gasteiger partial charge < -0.3 is 10.4 Å². The van der Waals surface area contributed by atoms with E-state index in [1.165, 1.54) is 16.2 Å². The van der Waals surface area contributed by atoms with E-state index in [1.54, 1.807) is 6.92 Å². The van der Waals surface area contributed by atoms with E-state index in [0.29, 0.717) is 17.8 Å². The third-order valence-electron chi connectivity index (χ3n) is 2.85. The van der Waals surface area contributed by atoms with Crippen molar-refractivity contribution in [3.63, 3.8) is 0 Å². The Bertz CT molecular complexity index is 439. The van der Waals surface area contributed by atoms with Gasteiger partial charge in [0.25, 0.3) is 5.91 Å². The van der Waals surface area contributed by atoms with Gasteiger partial charge in [0.15, 0.2) is 0 Å². The number of thiophene rings is 1. The van der Waals surface area contributed by atoms with E-state index in [4.69, 9.17) is 5.11 Å². The minimum absolute atomic E-state index is 0.111. The highest BCUT2D eigenvalue weighted by Gasteiger charge is 2.13. The summed E-state index contributed by atoms with van der Waals surface area (Å²) in [6, 6.07) is 1.89. The largest absolute Gasteiger partial charge is 0.481 e. The van der Waals surface area contributed by atoms with Crippen molar-refractivity contribution in [1.29, 1.82) is 0 Å². The molecule has 18 heavy (non-hydrogen) atoms. The van der Waals surface area contributed by atoms with E-state index < -0.39 is 11.9 Å². The number of amides is 1. The van der Waals surface area contributed by atoms with Gasteiger partial charge in [-0.1, -0.05) is 13.8 Å². The SMILES string of the molecule is CCc1sc(C(=O)NCCC(C)C(=O)O)cc1C. The summed E-state index contributed by atoms with van der Waals surface area (Å²) in [6.45, 7) is 6.09. The summed E-state index contributed by atoms with van der Waals surface area (Å²) in [4.78, 5) is 24.4. The number of carboxylic acids is 1. The molecule has 1 heterocycles. The number of carboxylic acid groups (broad SMARTS) is 1. The lowest BCUT2D eigenvalue weighted by Crippen LogP contribution is -2.26. The van der Waals surface area contributed by atoms with Crippen LogP contribution in [-0.2, 0) is 11.2 Å². The van der Waals surface area contributed by atoms with Crippen molar-refractivity contribution in [2.45, 2.75) is 33.6 Å². The summed E-state index contributed by atoms with van der Waals surface area (Å²) in [5, 5.41) is 11.5. The van der Waals surface area contributed by atoms with E-state index in [2.05, 4.69) is 12.2 Å². The predicted octanol–water partition coefficient (Wildman–Crippen LogP) is 2.46. The molecule has 0 aliphatic heterocycles. The minimum Gasteiger partial charge on any atom is -0.481 e. The van der Waals surface area contributed by atoms with Crippen molar-refractivity contribution < 1.29 is 14.7 Å². The second-order valence-electron chi connectivity index (χ2n) is 4.35. The number of aryl methyl sites for hydroxylation is 2. The molecular formula is C13H19NO3S. The van der Waals surface area contributed by atoms with Crippen molar-refractivity contribution in [3.8, 4) is 0 Å². The zero-order chi connectivity index (χ0) is 13.7. The zero-order valence-corrected chi connectivity index (χ0v) is 11.8. The molecule has 1 amide bonds. The van der Waals surface area contributed by atoms with Crippen LogP contribution in [0.1, 0.15) is 40.4 Å². The second-order valence-corrected chi connectivity index (χ2v) is 5.49. The van der Waals surface area contributed by atoms with E-state index in [0.717, 1.165) is 12.0 Å². The van der Waals surface area contributed by atoms with Crippen molar-refractivity contribution in [2.75, 3.05) is 6.54 Å². The third kappa shape index (κ3) is 3.84. The molecule has 1 unspecified atom stereocenters. The zero-order valence-electron chi connectivity index (χ0n) is 10.9. The van der Waals surface area contributed by atoms with Crippen molar-refractivity contribution in [2.24, 2.45) is 5.92 Å². The summed E-state index contributed by atoms with van der Waals surface area (Å²) in [5.74, 6) is -1.37. The van der Waals surface area contributed by atoms with Crippen LogP contribution in [0.5, 0.6) is 0 Å². The average molecular weight is 269 g/mol. The average Bonchev–Trinajstić information content (AvgIpc) is 2.70. The molecule has 0 saturated heterocycles. The molecule has 4 nitrogen and oxygen atoms in total. The smallest absolute Gasteiger partial charge is 0.306 e. The fraction of sp³-hybridized carbons (Fsp3) is 0.538. The molecule has 0 saturated carbocycles. The van der Waals surface area contributed by atoms with Crippen LogP contribution < -0.4 is 5.32 Å². The maximum atomic E-state index is 11.8. The molecule has 5 heteroatoms. The first-order valence-electron chi connectivity index (χ1n) is 6.06. The molecule has 100 valence electrons. The minimum atomic E-state index is -0.829. The van der Waals surface area contributed by atoms with Crippen LogP contribution in [0.15, 0.2) is 6.07 Å². The number of nitrogens with one attached hydrogen (secondary N) is 1. The number of aliphatic carboxylic acids is 1. The molecule has 0 bridgehead atoms. The van der Waals surface area contributed by atoms with Crippen LogP contribution >= 0.6 is 11.3 Å². The number of hydrogen-bond acceptors (Lipinski definition) is 3. The fourth-order valence-corrected chi connectivity index (χ4v) is 2.63. The Labute approximate surface area is 111 Å². The van der Waals surface area contributed by atoms with Crippen molar-refractivity contribution >= 4 is 23.2 Å². The highest BCUT2D eigenvalue weighted by Crippen LogP contribution is 2.22. The van der Waals surface area contributed by atoms with Crippen molar-refractivity contribution in [3.05, 3.63) is 21.4 Å². The topological polar surface area (TPSA) is 66.4 Å². The molecular weight excluding hydrogens is 250 g/mol. The van der Waals surface area contributed by atoms with E-state index in [9.17, 15) is 9.59 Å². The maximum Gasteiger partial charge on any atom is 0.306 e. The van der Waals surface area contributed by atoms with Gasteiger partial charge in [0.1, 0.15) is 0 Å². The van der Waals surface area contributed by atoms with Gasteiger partial charge in [-0.05, 0) is 31.4 Å². The Balaban J connectivity index is 2.48. The summed E-state index contributed by atoms with van der Waals surface area (Å²) in [5.41, 5.74) is 1.14. The van der Waals surface area contributed by atoms with E-state index in [1.807, 2.05) is 13.0 Å². The molecule has 0 aliphatic carbocycles. The van der Waals surface area contributed by atoms with Gasteiger partial charge in [0, 0.05) is 11.4 Å². The summed E-state index contributed by atoms with van der Waals surface area (Å²) < 4.78 is 0. The third-order valence-corrected chi connectivity index (χ3v) is 4.23. The maximum absolute atomic E-state index is 11.8. The highest BCUT2D eigenvalue weighted by molar-refractivity contribution is 7.14. The summed E-state index contributed by atoms with van der Waals surface area (Å²) in [7, 11) is 0. The molecule has 1 aromatic heterocycles. The molecule has 1 atom stereocenters. The first-order chi connectivity index (χ1) is 8.45. The van der Waals surface area contributed by atoms with Gasteiger partial charge >= 0.3 is 5.97 Å². The fourth-order valence-electron chi connectivity index (χ4n) is 1.60. The summed E-state index contributed by atoms with van der Waals surface area (Å²) in [6.07, 6.45) is 1.38. The predicted molar refractivity (Wildman–Crippen MR) is 72.2 cm³/mol. The highest BCUT2D eigenvalue weighted by atomic mass is 32.1. The Morgan fingerprint density at radius 2 is 2.17 bits per heavy atom. The van der Waals surface area contributed by atoms with Crippen LogP contribution in [0.25, 0.3) is 0 Å². The lowest BCUT2D eigenvalue weighted by atomic mass is 10.1. The lowest BCUT2D eigenvalue weighted by molar-refractivity contribution is -0.141. The van der Waals surface area contributed by atoms with E-state index in [-0.39, 0.29) is 5.91 Å². The van der Waals surface area contributed by atoms with Gasteiger partial charge in [-0.15, -0.1) is 11.3 Å². The van der Waals surface area contributed by atoms with Crippen LogP contribution in [0.3, 0.4) is 0 Å². The molecule has 1 rings (SSSR count). The van der Waals surface area contributed by atoms with Gasteiger partial charge in [0.05, 0.1) is 10.8 Å².